The van der Waals surface area contributed by atoms with Crippen LogP contribution in [0, 0.1) is 17.1 Å². The van der Waals surface area contributed by atoms with Crippen LogP contribution >= 0.6 is 22.9 Å². The third-order valence-electron chi connectivity index (χ3n) is 3.06. The molecule has 0 saturated heterocycles. The molecule has 4 nitrogen and oxygen atoms in total. The topological polar surface area (TPSA) is 54.0 Å². The largest absolute Gasteiger partial charge is 0.221 e. The fourth-order valence-electron chi connectivity index (χ4n) is 2.07. The third-order valence-corrected chi connectivity index (χ3v) is 4.30. The van der Waals surface area contributed by atoms with Crippen LogP contribution in [0.25, 0.3) is 15.5 Å². The summed E-state index contributed by atoms with van der Waals surface area (Å²) in [5.74, 6) is -0.323. The van der Waals surface area contributed by atoms with Crippen molar-refractivity contribution in [2.75, 3.05) is 0 Å². The molecule has 7 heteroatoms. The maximum Gasteiger partial charge on any atom is 0.213 e. The van der Waals surface area contributed by atoms with Gasteiger partial charge < -0.3 is 0 Å². The molecule has 0 fully saturated rings. The number of benzene rings is 1. The van der Waals surface area contributed by atoms with Crippen molar-refractivity contribution < 1.29 is 4.39 Å². The summed E-state index contributed by atoms with van der Waals surface area (Å²) in [7, 11) is 0. The molecule has 0 saturated carbocycles. The Labute approximate surface area is 129 Å². The number of nitrogens with zero attached hydrogens (tertiary/aromatic N) is 4. The molecule has 2 aromatic heterocycles. The molecule has 0 N–H and O–H groups in total. The predicted octanol–water partition coefficient (Wildman–Crippen LogP) is 4.25. The van der Waals surface area contributed by atoms with Gasteiger partial charge in [-0.2, -0.15) is 14.9 Å². The summed E-state index contributed by atoms with van der Waals surface area (Å²) in [5, 5.41) is 14.3. The fourth-order valence-corrected chi connectivity index (χ4v) is 3.35. The van der Waals surface area contributed by atoms with Gasteiger partial charge in [0.15, 0.2) is 10.7 Å². The first-order chi connectivity index (χ1) is 10.0. The Kier molecular flexibility index (Phi) is 3.40. The molecule has 3 aromatic rings. The Bertz CT molecular complexity index is 855. The van der Waals surface area contributed by atoms with Gasteiger partial charge in [-0.3, -0.25) is 0 Å². The first-order valence-corrected chi connectivity index (χ1v) is 7.46. The molecule has 0 unspecified atom stereocenters. The zero-order valence-electron chi connectivity index (χ0n) is 11.3. The Hall–Kier alpha value is -1.97. The van der Waals surface area contributed by atoms with Gasteiger partial charge >= 0.3 is 0 Å². The van der Waals surface area contributed by atoms with Crippen LogP contribution < -0.4 is 0 Å². The van der Waals surface area contributed by atoms with E-state index < -0.39 is 5.82 Å². The van der Waals surface area contributed by atoms with E-state index in [1.807, 2.05) is 13.8 Å². The zero-order valence-corrected chi connectivity index (χ0v) is 12.8. The highest BCUT2D eigenvalue weighted by Gasteiger charge is 2.21. The Morgan fingerprint density at radius 2 is 2.19 bits per heavy atom. The zero-order chi connectivity index (χ0) is 15.1. The monoisotopic (exact) mass is 320 g/mol. The number of halogens is 2. The van der Waals surface area contributed by atoms with Crippen LogP contribution in [0.15, 0.2) is 18.2 Å². The van der Waals surface area contributed by atoms with Crippen molar-refractivity contribution in [1.82, 2.24) is 14.6 Å². The molecule has 0 radical (unpaired) electrons. The Morgan fingerprint density at radius 3 is 2.81 bits per heavy atom. The predicted molar refractivity (Wildman–Crippen MR) is 80.1 cm³/mol. The normalized spacial score (nSPS) is 11.2. The fraction of sp³-hybridized carbons (Fsp3) is 0.214. The van der Waals surface area contributed by atoms with E-state index in [0.717, 1.165) is 0 Å². The molecule has 0 aliphatic carbocycles. The summed E-state index contributed by atoms with van der Waals surface area (Å²) >= 11 is 7.26. The van der Waals surface area contributed by atoms with E-state index in [0.29, 0.717) is 21.4 Å². The maximum atomic E-state index is 13.9. The summed E-state index contributed by atoms with van der Waals surface area (Å²) < 4.78 is 15.4. The molecule has 106 valence electrons. The van der Waals surface area contributed by atoms with Gasteiger partial charge in [0.05, 0.1) is 16.3 Å². The van der Waals surface area contributed by atoms with E-state index in [9.17, 15) is 9.65 Å². The van der Waals surface area contributed by atoms with Crippen molar-refractivity contribution in [3.63, 3.8) is 0 Å². The molecule has 2 heterocycles. The molecule has 0 amide bonds. The summed E-state index contributed by atoms with van der Waals surface area (Å²) in [6.07, 6.45) is 0. The van der Waals surface area contributed by atoms with Crippen molar-refractivity contribution in [2.24, 2.45) is 0 Å². The van der Waals surface area contributed by atoms with Gasteiger partial charge in [-0.15, -0.1) is 0 Å². The number of hydrogen-bond donors (Lipinski definition) is 0. The van der Waals surface area contributed by atoms with Crippen LogP contribution in [-0.2, 0) is 0 Å². The lowest BCUT2D eigenvalue weighted by Crippen LogP contribution is -1.96. The molecule has 3 rings (SSSR count). The van der Waals surface area contributed by atoms with E-state index in [-0.39, 0.29) is 16.5 Å². The van der Waals surface area contributed by atoms with Gasteiger partial charge in [-0.1, -0.05) is 42.9 Å². The van der Waals surface area contributed by atoms with Crippen molar-refractivity contribution in [1.29, 1.82) is 5.26 Å². The minimum Gasteiger partial charge on any atom is -0.221 e. The minimum atomic E-state index is -0.443. The molecular weight excluding hydrogens is 311 g/mol. The van der Waals surface area contributed by atoms with Crippen molar-refractivity contribution in [3.8, 4) is 16.6 Å². The highest BCUT2D eigenvalue weighted by atomic mass is 35.5. The van der Waals surface area contributed by atoms with Crippen LogP contribution in [0.4, 0.5) is 4.39 Å². The molecule has 1 aromatic carbocycles. The SMILES string of the molecule is CC(C)c1nc2sc(-c3c(F)cccc3Cl)nn2c1C#N. The van der Waals surface area contributed by atoms with Gasteiger partial charge in [-0.05, 0) is 18.1 Å². The third kappa shape index (κ3) is 2.19. The second-order valence-electron chi connectivity index (χ2n) is 4.81. The smallest absolute Gasteiger partial charge is 0.213 e. The van der Waals surface area contributed by atoms with Crippen LogP contribution in [0.3, 0.4) is 0 Å². The van der Waals surface area contributed by atoms with Gasteiger partial charge in [0.25, 0.3) is 0 Å². The molecule has 0 aliphatic rings. The van der Waals surface area contributed by atoms with E-state index in [2.05, 4.69) is 16.2 Å². The second-order valence-corrected chi connectivity index (χ2v) is 6.17. The lowest BCUT2D eigenvalue weighted by molar-refractivity contribution is 0.631. The Morgan fingerprint density at radius 1 is 1.43 bits per heavy atom. The number of aromatic nitrogens is 3. The number of hydrogen-bond acceptors (Lipinski definition) is 4. The van der Waals surface area contributed by atoms with E-state index in [4.69, 9.17) is 11.6 Å². The standard InChI is InChI=1S/C14H10ClFN4S/c1-7(2)12-10(6-17)20-14(18-12)21-13(19-20)11-8(15)4-3-5-9(11)16/h3-5,7H,1-2H3. The lowest BCUT2D eigenvalue weighted by atomic mass is 10.1. The molecule has 21 heavy (non-hydrogen) atoms. The molecule has 0 bridgehead atoms. The lowest BCUT2D eigenvalue weighted by Gasteiger charge is -2.01. The summed E-state index contributed by atoms with van der Waals surface area (Å²) in [5.41, 5.74) is 1.32. The molecular formula is C14H10ClFN4S. The first-order valence-electron chi connectivity index (χ1n) is 6.27. The number of nitriles is 1. The van der Waals surface area contributed by atoms with E-state index in [1.54, 1.807) is 6.07 Å². The number of fused-ring (bicyclic) bond motifs is 1. The van der Waals surface area contributed by atoms with Crippen LogP contribution in [0.5, 0.6) is 0 Å². The molecule has 0 atom stereocenters. The van der Waals surface area contributed by atoms with Crippen LogP contribution in [0.1, 0.15) is 31.2 Å². The second kappa shape index (κ2) is 5.10. The summed E-state index contributed by atoms with van der Waals surface area (Å²) in [6, 6.07) is 6.59. The van der Waals surface area contributed by atoms with Gasteiger partial charge in [0.1, 0.15) is 11.9 Å². The van der Waals surface area contributed by atoms with E-state index in [1.165, 1.54) is 28.0 Å². The molecule has 0 aliphatic heterocycles. The number of imidazole rings is 1. The number of rotatable bonds is 2. The maximum absolute atomic E-state index is 13.9. The highest BCUT2D eigenvalue weighted by molar-refractivity contribution is 7.19. The summed E-state index contributed by atoms with van der Waals surface area (Å²) in [6.45, 7) is 3.92. The first kappa shape index (κ1) is 14.0. The Balaban J connectivity index is 2.24. The van der Waals surface area contributed by atoms with Crippen LogP contribution in [-0.4, -0.2) is 14.6 Å². The molecule has 0 spiro atoms. The van der Waals surface area contributed by atoms with Gasteiger partial charge in [0.2, 0.25) is 4.96 Å². The van der Waals surface area contributed by atoms with Crippen molar-refractivity contribution in [2.45, 2.75) is 19.8 Å². The van der Waals surface area contributed by atoms with Gasteiger partial charge in [0, 0.05) is 0 Å². The summed E-state index contributed by atoms with van der Waals surface area (Å²) in [4.78, 5) is 4.98. The average Bonchev–Trinajstić information content (AvgIpc) is 2.95. The van der Waals surface area contributed by atoms with E-state index >= 15 is 0 Å². The van der Waals surface area contributed by atoms with Crippen molar-refractivity contribution >= 4 is 27.9 Å². The van der Waals surface area contributed by atoms with Crippen LogP contribution in [0.2, 0.25) is 5.02 Å². The van der Waals surface area contributed by atoms with Crippen molar-refractivity contribution in [3.05, 3.63) is 40.4 Å². The quantitative estimate of drug-likeness (QED) is 0.709. The highest BCUT2D eigenvalue weighted by Crippen LogP contribution is 2.34. The average molecular weight is 321 g/mol. The van der Waals surface area contributed by atoms with Gasteiger partial charge in [-0.25, -0.2) is 9.37 Å². The minimum absolute atomic E-state index is 0.119.